The van der Waals surface area contributed by atoms with E-state index in [-0.39, 0.29) is 17.5 Å². The van der Waals surface area contributed by atoms with E-state index in [1.165, 1.54) is 12.3 Å². The molecule has 5 nitrogen and oxygen atoms in total. The first-order chi connectivity index (χ1) is 11.1. The molecule has 1 N–H and O–H groups in total. The summed E-state index contributed by atoms with van der Waals surface area (Å²) in [6.07, 6.45) is 3.67. The quantitative estimate of drug-likeness (QED) is 0.945. The molecule has 0 spiro atoms. The maximum Gasteiger partial charge on any atom is 0.272 e. The second-order valence-corrected chi connectivity index (χ2v) is 5.87. The molecule has 1 aromatic heterocycles. The molecule has 2 aromatic rings. The molecule has 1 fully saturated rings. The Morgan fingerprint density at radius 3 is 2.96 bits per heavy atom. The molecular formula is C17H19FN4O. The molecule has 1 atom stereocenters. The summed E-state index contributed by atoms with van der Waals surface area (Å²) >= 11 is 0. The largest absolute Gasteiger partial charge is 0.337 e. The number of aromatic nitrogens is 2. The minimum absolute atomic E-state index is 0.101. The van der Waals surface area contributed by atoms with Crippen molar-refractivity contribution in [2.24, 2.45) is 5.92 Å². The van der Waals surface area contributed by atoms with Gasteiger partial charge in [-0.1, -0.05) is 19.1 Å². The number of nitrogens with zero attached hydrogens (tertiary/aromatic N) is 3. The minimum atomic E-state index is -0.391. The first kappa shape index (κ1) is 15.4. The van der Waals surface area contributed by atoms with Gasteiger partial charge in [-0.15, -0.1) is 0 Å². The van der Waals surface area contributed by atoms with Crippen LogP contribution in [0.15, 0.2) is 36.5 Å². The molecule has 1 aromatic carbocycles. The molecule has 1 unspecified atom stereocenters. The third kappa shape index (κ3) is 3.64. The van der Waals surface area contributed by atoms with Crippen LogP contribution in [0.1, 0.15) is 30.3 Å². The molecule has 1 aliphatic heterocycles. The van der Waals surface area contributed by atoms with Gasteiger partial charge in [0.25, 0.3) is 5.91 Å². The van der Waals surface area contributed by atoms with Gasteiger partial charge in [0, 0.05) is 19.3 Å². The van der Waals surface area contributed by atoms with E-state index in [2.05, 4.69) is 22.2 Å². The molecule has 1 amide bonds. The molecule has 23 heavy (non-hydrogen) atoms. The summed E-state index contributed by atoms with van der Waals surface area (Å²) in [5, 5.41) is 2.81. The molecular weight excluding hydrogens is 295 g/mol. The van der Waals surface area contributed by atoms with Gasteiger partial charge in [-0.2, -0.15) is 0 Å². The van der Waals surface area contributed by atoms with Crippen LogP contribution in [0, 0.1) is 11.7 Å². The summed E-state index contributed by atoms with van der Waals surface area (Å²) < 4.78 is 13.7. The topological polar surface area (TPSA) is 58.1 Å². The van der Waals surface area contributed by atoms with Crippen LogP contribution in [-0.2, 0) is 0 Å². The predicted molar refractivity (Wildman–Crippen MR) is 86.0 cm³/mol. The number of anilines is 2. The van der Waals surface area contributed by atoms with E-state index < -0.39 is 5.82 Å². The van der Waals surface area contributed by atoms with Crippen LogP contribution in [0.2, 0.25) is 0 Å². The molecule has 0 bridgehead atoms. The van der Waals surface area contributed by atoms with Crippen molar-refractivity contribution in [2.45, 2.75) is 19.8 Å². The van der Waals surface area contributed by atoms with Gasteiger partial charge in [-0.3, -0.25) is 4.79 Å². The minimum Gasteiger partial charge on any atom is -0.337 e. The predicted octanol–water partition coefficient (Wildman–Crippen LogP) is 3.23. The third-order valence-electron chi connectivity index (χ3n) is 3.94. The van der Waals surface area contributed by atoms with E-state index in [4.69, 9.17) is 0 Å². The van der Waals surface area contributed by atoms with Crippen molar-refractivity contribution in [2.75, 3.05) is 18.4 Å². The molecule has 1 aliphatic rings. The first-order valence-corrected chi connectivity index (χ1v) is 7.77. The highest BCUT2D eigenvalue weighted by Crippen LogP contribution is 2.19. The Kier molecular flexibility index (Phi) is 4.50. The average Bonchev–Trinajstić information content (AvgIpc) is 2.56. The van der Waals surface area contributed by atoms with Gasteiger partial charge in [-0.25, -0.2) is 14.4 Å². The van der Waals surface area contributed by atoms with E-state index in [1.54, 1.807) is 24.3 Å². The van der Waals surface area contributed by atoms with Crippen LogP contribution in [-0.4, -0.2) is 33.9 Å². The first-order valence-electron chi connectivity index (χ1n) is 7.77. The second-order valence-electron chi connectivity index (χ2n) is 5.87. The number of halogens is 1. The van der Waals surface area contributed by atoms with Crippen molar-refractivity contribution in [1.82, 2.24) is 14.9 Å². The Labute approximate surface area is 134 Å². The van der Waals surface area contributed by atoms with E-state index in [1.807, 2.05) is 4.90 Å². The number of para-hydroxylation sites is 1. The molecule has 0 radical (unpaired) electrons. The van der Waals surface area contributed by atoms with Gasteiger partial charge in [0.15, 0.2) is 0 Å². The van der Waals surface area contributed by atoms with Crippen molar-refractivity contribution in [3.63, 3.8) is 0 Å². The zero-order valence-corrected chi connectivity index (χ0v) is 13.0. The Bertz CT molecular complexity index is 706. The molecule has 3 rings (SSSR count). The SMILES string of the molecule is CC1CCCN(C(=O)c2ccnc(Nc3ccccc3F)n2)C1. The monoisotopic (exact) mass is 314 g/mol. The molecule has 1 saturated heterocycles. The molecule has 2 heterocycles. The van der Waals surface area contributed by atoms with Gasteiger partial charge in [0.2, 0.25) is 5.95 Å². The number of amides is 1. The maximum absolute atomic E-state index is 13.7. The van der Waals surface area contributed by atoms with E-state index >= 15 is 0 Å². The number of carbonyl (C=O) groups is 1. The van der Waals surface area contributed by atoms with E-state index in [0.717, 1.165) is 25.9 Å². The fourth-order valence-corrected chi connectivity index (χ4v) is 2.76. The van der Waals surface area contributed by atoms with Gasteiger partial charge in [-0.05, 0) is 37.0 Å². The summed E-state index contributed by atoms with van der Waals surface area (Å²) in [6.45, 7) is 3.65. The number of carbonyl (C=O) groups excluding carboxylic acids is 1. The maximum atomic E-state index is 13.7. The Morgan fingerprint density at radius 2 is 2.17 bits per heavy atom. The molecule has 0 saturated carbocycles. The van der Waals surface area contributed by atoms with Crippen LogP contribution in [0.5, 0.6) is 0 Å². The van der Waals surface area contributed by atoms with Crippen LogP contribution >= 0.6 is 0 Å². The number of rotatable bonds is 3. The highest BCUT2D eigenvalue weighted by molar-refractivity contribution is 5.92. The zero-order valence-electron chi connectivity index (χ0n) is 13.0. The normalized spacial score (nSPS) is 17.8. The smallest absolute Gasteiger partial charge is 0.272 e. The highest BCUT2D eigenvalue weighted by Gasteiger charge is 2.23. The summed E-state index contributed by atoms with van der Waals surface area (Å²) in [6, 6.07) is 7.87. The van der Waals surface area contributed by atoms with Gasteiger partial charge < -0.3 is 10.2 Å². The van der Waals surface area contributed by atoms with Gasteiger partial charge in [0.1, 0.15) is 11.5 Å². The lowest BCUT2D eigenvalue weighted by atomic mass is 10.00. The van der Waals surface area contributed by atoms with Crippen molar-refractivity contribution in [3.8, 4) is 0 Å². The van der Waals surface area contributed by atoms with Crippen molar-refractivity contribution < 1.29 is 9.18 Å². The average molecular weight is 314 g/mol. The standard InChI is InChI=1S/C17H19FN4O/c1-12-5-4-10-22(11-12)16(23)15-8-9-19-17(21-15)20-14-7-3-2-6-13(14)18/h2-3,6-9,12H,4-5,10-11H2,1H3,(H,19,20,21). The van der Waals surface area contributed by atoms with Crippen LogP contribution in [0.4, 0.5) is 16.0 Å². The van der Waals surface area contributed by atoms with Crippen molar-refractivity contribution >= 4 is 17.5 Å². The number of hydrogen-bond donors (Lipinski definition) is 1. The van der Waals surface area contributed by atoms with Crippen molar-refractivity contribution in [1.29, 1.82) is 0 Å². The lowest BCUT2D eigenvalue weighted by Crippen LogP contribution is -2.39. The van der Waals surface area contributed by atoms with Crippen molar-refractivity contribution in [3.05, 3.63) is 48.0 Å². The zero-order chi connectivity index (χ0) is 16.2. The fourth-order valence-electron chi connectivity index (χ4n) is 2.76. The summed E-state index contributed by atoms with van der Waals surface area (Å²) in [5.41, 5.74) is 0.608. The number of nitrogens with one attached hydrogen (secondary N) is 1. The Morgan fingerprint density at radius 1 is 1.35 bits per heavy atom. The summed E-state index contributed by atoms with van der Waals surface area (Å²) in [7, 11) is 0. The number of likely N-dealkylation sites (tertiary alicyclic amines) is 1. The molecule has 120 valence electrons. The number of piperidine rings is 1. The second kappa shape index (κ2) is 6.73. The lowest BCUT2D eigenvalue weighted by Gasteiger charge is -2.30. The Hall–Kier alpha value is -2.50. The molecule has 0 aliphatic carbocycles. The van der Waals surface area contributed by atoms with E-state index in [9.17, 15) is 9.18 Å². The van der Waals surface area contributed by atoms with Gasteiger partial charge in [0.05, 0.1) is 5.69 Å². The summed E-state index contributed by atoms with van der Waals surface area (Å²) in [5.74, 6) is 0.227. The van der Waals surface area contributed by atoms with Gasteiger partial charge >= 0.3 is 0 Å². The fraction of sp³-hybridized carbons (Fsp3) is 0.353. The number of hydrogen-bond acceptors (Lipinski definition) is 4. The summed E-state index contributed by atoms with van der Waals surface area (Å²) in [4.78, 5) is 22.7. The van der Waals surface area contributed by atoms with Crippen LogP contribution in [0.25, 0.3) is 0 Å². The van der Waals surface area contributed by atoms with Crippen LogP contribution in [0.3, 0.4) is 0 Å². The van der Waals surface area contributed by atoms with E-state index in [0.29, 0.717) is 11.6 Å². The number of benzene rings is 1. The highest BCUT2D eigenvalue weighted by atomic mass is 19.1. The lowest BCUT2D eigenvalue weighted by molar-refractivity contribution is 0.0677. The van der Waals surface area contributed by atoms with Crippen LogP contribution < -0.4 is 5.32 Å². The third-order valence-corrected chi connectivity index (χ3v) is 3.94. The molecule has 6 heteroatoms. The Balaban J connectivity index is 1.77.